The Labute approximate surface area is 179 Å². The van der Waals surface area contributed by atoms with E-state index in [0.29, 0.717) is 19.2 Å². The maximum Gasteiger partial charge on any atom is 0.266 e. The van der Waals surface area contributed by atoms with Gasteiger partial charge >= 0.3 is 0 Å². The molecule has 1 aliphatic rings. The Kier molecular flexibility index (Phi) is 6.05. The topological polar surface area (TPSA) is 96.9 Å². The standard InChI is InChI=1S/C19H13ClIN3O2S/c20-12-6-10(17(25)15(21)7-12)5-11(8-22)18(26)24-19-14(9-23)13-3-1-2-4-16(13)27-19/h5-7,25H,1-4H2,(H,24,26). The van der Waals surface area contributed by atoms with Crippen LogP contribution in [0.4, 0.5) is 5.00 Å². The highest BCUT2D eigenvalue weighted by Crippen LogP contribution is 2.38. The van der Waals surface area contributed by atoms with Gasteiger partial charge < -0.3 is 10.4 Å². The van der Waals surface area contributed by atoms with Crippen LogP contribution >= 0.6 is 45.5 Å². The Morgan fingerprint density at radius 3 is 2.78 bits per heavy atom. The van der Waals surface area contributed by atoms with E-state index in [0.717, 1.165) is 36.1 Å². The van der Waals surface area contributed by atoms with Crippen LogP contribution in [0.5, 0.6) is 5.75 Å². The maximum atomic E-state index is 12.6. The largest absolute Gasteiger partial charge is 0.506 e. The highest BCUT2D eigenvalue weighted by molar-refractivity contribution is 14.1. The molecule has 0 spiro atoms. The number of fused-ring (bicyclic) bond motifs is 1. The van der Waals surface area contributed by atoms with Gasteiger partial charge in [0.15, 0.2) is 0 Å². The van der Waals surface area contributed by atoms with E-state index in [2.05, 4.69) is 11.4 Å². The van der Waals surface area contributed by atoms with Gasteiger partial charge in [0.25, 0.3) is 5.91 Å². The number of anilines is 1. The fraction of sp³-hybridized carbons (Fsp3) is 0.211. The maximum absolute atomic E-state index is 12.6. The molecular weight excluding hydrogens is 497 g/mol. The predicted molar refractivity (Wildman–Crippen MR) is 114 cm³/mol. The lowest BCUT2D eigenvalue weighted by Gasteiger charge is -2.09. The van der Waals surface area contributed by atoms with Gasteiger partial charge in [-0.3, -0.25) is 4.79 Å². The van der Waals surface area contributed by atoms with Crippen LogP contribution in [0.2, 0.25) is 5.02 Å². The highest BCUT2D eigenvalue weighted by atomic mass is 127. The lowest BCUT2D eigenvalue weighted by atomic mass is 9.96. The van der Waals surface area contributed by atoms with Crippen LogP contribution in [0, 0.1) is 26.2 Å². The van der Waals surface area contributed by atoms with Gasteiger partial charge in [0.1, 0.15) is 28.5 Å². The van der Waals surface area contributed by atoms with E-state index in [9.17, 15) is 20.4 Å². The molecule has 8 heteroatoms. The minimum atomic E-state index is -0.623. The van der Waals surface area contributed by atoms with Crippen molar-refractivity contribution in [1.82, 2.24) is 0 Å². The Balaban J connectivity index is 1.93. The van der Waals surface area contributed by atoms with E-state index in [1.807, 2.05) is 28.7 Å². The zero-order valence-corrected chi connectivity index (χ0v) is 17.7. The number of nitriles is 2. The van der Waals surface area contributed by atoms with Gasteiger partial charge in [0, 0.05) is 15.5 Å². The summed E-state index contributed by atoms with van der Waals surface area (Å²) in [6.45, 7) is 0. The van der Waals surface area contributed by atoms with Gasteiger partial charge in [0.05, 0.1) is 9.13 Å². The zero-order chi connectivity index (χ0) is 19.6. The summed E-state index contributed by atoms with van der Waals surface area (Å²) in [5.41, 5.74) is 1.59. The number of hydrogen-bond acceptors (Lipinski definition) is 5. The second-order valence-electron chi connectivity index (χ2n) is 5.98. The summed E-state index contributed by atoms with van der Waals surface area (Å²) in [5, 5.41) is 32.6. The molecule has 2 aromatic rings. The fourth-order valence-electron chi connectivity index (χ4n) is 2.94. The third-order valence-electron chi connectivity index (χ3n) is 4.23. The molecule has 0 radical (unpaired) electrons. The molecule has 0 saturated heterocycles. The van der Waals surface area contributed by atoms with Crippen molar-refractivity contribution in [2.45, 2.75) is 25.7 Å². The van der Waals surface area contributed by atoms with Crippen molar-refractivity contribution in [2.75, 3.05) is 5.32 Å². The lowest BCUT2D eigenvalue weighted by Crippen LogP contribution is -2.13. The molecule has 1 aliphatic carbocycles. The average Bonchev–Trinajstić information content (AvgIpc) is 3.00. The molecule has 0 bridgehead atoms. The number of carbonyl (C=O) groups is 1. The molecule has 5 nitrogen and oxygen atoms in total. The number of carbonyl (C=O) groups excluding carboxylic acids is 1. The summed E-state index contributed by atoms with van der Waals surface area (Å²) in [7, 11) is 0. The number of rotatable bonds is 3. The molecule has 136 valence electrons. The Bertz CT molecular complexity index is 1050. The molecule has 27 heavy (non-hydrogen) atoms. The van der Waals surface area contributed by atoms with Crippen molar-refractivity contribution in [3.63, 3.8) is 0 Å². The first-order chi connectivity index (χ1) is 12.9. The van der Waals surface area contributed by atoms with Crippen LogP contribution in [-0.2, 0) is 17.6 Å². The van der Waals surface area contributed by atoms with Crippen molar-refractivity contribution < 1.29 is 9.90 Å². The number of thiophene rings is 1. The zero-order valence-electron chi connectivity index (χ0n) is 14.0. The summed E-state index contributed by atoms with van der Waals surface area (Å²) in [5.74, 6) is -0.674. The minimum absolute atomic E-state index is 0.0511. The van der Waals surface area contributed by atoms with E-state index in [1.54, 1.807) is 6.07 Å². The summed E-state index contributed by atoms with van der Waals surface area (Å²) in [4.78, 5) is 13.7. The predicted octanol–water partition coefficient (Wildman–Crippen LogP) is 5.01. The molecule has 0 atom stereocenters. The number of aryl methyl sites for hydroxylation is 1. The molecule has 2 N–H and O–H groups in total. The summed E-state index contributed by atoms with van der Waals surface area (Å²) < 4.78 is 0.516. The number of benzene rings is 1. The van der Waals surface area contributed by atoms with Crippen LogP contribution in [0.25, 0.3) is 6.08 Å². The van der Waals surface area contributed by atoms with Crippen molar-refractivity contribution in [1.29, 1.82) is 10.5 Å². The van der Waals surface area contributed by atoms with Crippen molar-refractivity contribution in [2.24, 2.45) is 0 Å². The van der Waals surface area contributed by atoms with Crippen LogP contribution in [0.3, 0.4) is 0 Å². The third-order valence-corrected chi connectivity index (χ3v) is 6.48. The number of phenolic OH excluding ortho intramolecular Hbond substituents is 1. The van der Waals surface area contributed by atoms with Crippen molar-refractivity contribution in [3.8, 4) is 17.9 Å². The van der Waals surface area contributed by atoms with E-state index in [4.69, 9.17) is 11.6 Å². The number of amides is 1. The normalized spacial score (nSPS) is 13.4. The monoisotopic (exact) mass is 509 g/mol. The quantitative estimate of drug-likeness (QED) is 0.345. The van der Waals surface area contributed by atoms with Crippen LogP contribution in [-0.4, -0.2) is 11.0 Å². The summed E-state index contributed by atoms with van der Waals surface area (Å²) >= 11 is 9.31. The van der Waals surface area contributed by atoms with E-state index in [-0.39, 0.29) is 16.9 Å². The van der Waals surface area contributed by atoms with E-state index >= 15 is 0 Å². The second kappa shape index (κ2) is 8.30. The fourth-order valence-corrected chi connectivity index (χ4v) is 5.24. The number of aromatic hydroxyl groups is 1. The first-order valence-corrected chi connectivity index (χ1v) is 10.4. The van der Waals surface area contributed by atoms with Crippen LogP contribution < -0.4 is 5.32 Å². The summed E-state index contributed by atoms with van der Waals surface area (Å²) in [6, 6.07) is 7.08. The molecular formula is C19H13ClIN3O2S. The molecule has 0 aliphatic heterocycles. The minimum Gasteiger partial charge on any atom is -0.506 e. The van der Waals surface area contributed by atoms with Gasteiger partial charge in [-0.1, -0.05) is 11.6 Å². The second-order valence-corrected chi connectivity index (χ2v) is 8.68. The molecule has 1 amide bonds. The van der Waals surface area contributed by atoms with Gasteiger partial charge in [0.2, 0.25) is 0 Å². The van der Waals surface area contributed by atoms with Gasteiger partial charge in [-0.15, -0.1) is 11.3 Å². The number of halogens is 2. The Hall–Kier alpha value is -2.07. The van der Waals surface area contributed by atoms with E-state index in [1.165, 1.54) is 23.5 Å². The van der Waals surface area contributed by atoms with Gasteiger partial charge in [-0.2, -0.15) is 10.5 Å². The molecule has 3 rings (SSSR count). The lowest BCUT2D eigenvalue weighted by molar-refractivity contribution is -0.112. The first-order valence-electron chi connectivity index (χ1n) is 8.10. The van der Waals surface area contributed by atoms with Gasteiger partial charge in [-0.05, 0) is 72.0 Å². The molecule has 0 fully saturated rings. The van der Waals surface area contributed by atoms with Gasteiger partial charge in [-0.25, -0.2) is 0 Å². The number of nitrogens with zero attached hydrogens (tertiary/aromatic N) is 2. The number of phenols is 1. The summed E-state index contributed by atoms with van der Waals surface area (Å²) in [6.07, 6.45) is 5.13. The number of hydrogen-bond donors (Lipinski definition) is 2. The first kappa shape index (κ1) is 19.7. The molecule has 1 heterocycles. The molecule has 1 aromatic carbocycles. The van der Waals surface area contributed by atoms with Crippen molar-refractivity contribution >= 4 is 62.5 Å². The Morgan fingerprint density at radius 2 is 2.07 bits per heavy atom. The Morgan fingerprint density at radius 1 is 1.33 bits per heavy atom. The number of nitrogens with one attached hydrogen (secondary N) is 1. The van der Waals surface area contributed by atoms with Crippen LogP contribution in [0.1, 0.15) is 34.4 Å². The molecule has 1 aromatic heterocycles. The highest BCUT2D eigenvalue weighted by Gasteiger charge is 2.23. The molecule has 0 unspecified atom stereocenters. The third kappa shape index (κ3) is 4.11. The average molecular weight is 510 g/mol. The van der Waals surface area contributed by atoms with E-state index < -0.39 is 5.91 Å². The van der Waals surface area contributed by atoms with Crippen LogP contribution in [0.15, 0.2) is 17.7 Å². The smallest absolute Gasteiger partial charge is 0.266 e. The molecule has 0 saturated carbocycles. The van der Waals surface area contributed by atoms with Crippen molar-refractivity contribution in [3.05, 3.63) is 47.9 Å². The SMILES string of the molecule is N#CC(=Cc1cc(Cl)cc(I)c1O)C(=O)Nc1sc2c(c1C#N)CCCC2.